The zero-order chi connectivity index (χ0) is 24.9. The number of esters is 1. The molecule has 0 radical (unpaired) electrons. The number of halogens is 1. The number of aromatic nitrogens is 2. The highest BCUT2D eigenvalue weighted by molar-refractivity contribution is 5.96. The van der Waals surface area contributed by atoms with Gasteiger partial charge in [0.25, 0.3) is 5.91 Å². The molecule has 0 fully saturated rings. The van der Waals surface area contributed by atoms with Crippen LogP contribution in [0.15, 0.2) is 36.4 Å². The Morgan fingerprint density at radius 1 is 1.00 bits per heavy atom. The number of carbonyl (C=O) groups excluding carboxylic acids is 2. The van der Waals surface area contributed by atoms with E-state index < -0.39 is 18.5 Å². The Labute approximate surface area is 201 Å². The first-order valence-corrected chi connectivity index (χ1v) is 11.1. The van der Waals surface area contributed by atoms with Gasteiger partial charge in [0.15, 0.2) is 23.8 Å². The maximum Gasteiger partial charge on any atom is 0.359 e. The van der Waals surface area contributed by atoms with E-state index in [1.807, 2.05) is 0 Å². The average Bonchev–Trinajstić information content (AvgIpc) is 3.27. The Bertz CT molecular complexity index is 1210. The van der Waals surface area contributed by atoms with E-state index in [-0.39, 0.29) is 11.5 Å². The first-order chi connectivity index (χ1) is 16.9. The third kappa shape index (κ3) is 5.06. The van der Waals surface area contributed by atoms with Crippen LogP contribution >= 0.6 is 0 Å². The molecule has 0 saturated carbocycles. The van der Waals surface area contributed by atoms with Crippen LogP contribution in [0.5, 0.6) is 17.2 Å². The number of amides is 1. The lowest BCUT2D eigenvalue weighted by Gasteiger charge is -2.15. The molecule has 4 rings (SSSR count). The summed E-state index contributed by atoms with van der Waals surface area (Å²) in [5, 5.41) is 7.11. The molecule has 1 aliphatic carbocycles. The van der Waals surface area contributed by atoms with Crippen LogP contribution in [0.25, 0.3) is 5.69 Å². The molecule has 1 N–H and O–H groups in total. The first kappa shape index (κ1) is 24.1. The summed E-state index contributed by atoms with van der Waals surface area (Å²) in [6.45, 7) is -0.506. The Morgan fingerprint density at radius 2 is 1.66 bits per heavy atom. The van der Waals surface area contributed by atoms with Gasteiger partial charge in [-0.1, -0.05) is 0 Å². The fraction of sp³-hybridized carbons (Fsp3) is 0.320. The second kappa shape index (κ2) is 10.5. The summed E-state index contributed by atoms with van der Waals surface area (Å²) in [7, 11) is 4.42. The van der Waals surface area contributed by atoms with Crippen LogP contribution in [0.3, 0.4) is 0 Å². The van der Waals surface area contributed by atoms with E-state index in [0.717, 1.165) is 30.5 Å². The second-order valence-electron chi connectivity index (χ2n) is 7.91. The monoisotopic (exact) mass is 483 g/mol. The van der Waals surface area contributed by atoms with Gasteiger partial charge in [0.05, 0.1) is 27.0 Å². The largest absolute Gasteiger partial charge is 0.493 e. The lowest BCUT2D eigenvalue weighted by atomic mass is 9.95. The molecule has 1 aromatic heterocycles. The molecule has 1 heterocycles. The van der Waals surface area contributed by atoms with E-state index in [4.69, 9.17) is 18.9 Å². The van der Waals surface area contributed by atoms with E-state index in [2.05, 4.69) is 10.4 Å². The summed E-state index contributed by atoms with van der Waals surface area (Å²) in [5.74, 6) is -0.453. The SMILES string of the molecule is COc1cc(NC(=O)COC(=O)c2nn(-c3ccc(F)cc3)c3c2CCCC3)cc(OC)c1OC. The molecule has 184 valence electrons. The molecule has 9 nitrogen and oxygen atoms in total. The van der Waals surface area contributed by atoms with Crippen LogP contribution in [-0.4, -0.2) is 49.6 Å². The van der Waals surface area contributed by atoms with Gasteiger partial charge in [-0.2, -0.15) is 5.10 Å². The quantitative estimate of drug-likeness (QED) is 0.488. The minimum Gasteiger partial charge on any atom is -0.493 e. The number of anilines is 1. The van der Waals surface area contributed by atoms with Crippen LogP contribution in [0, 0.1) is 5.82 Å². The molecule has 35 heavy (non-hydrogen) atoms. The molecule has 1 amide bonds. The highest BCUT2D eigenvalue weighted by atomic mass is 19.1. The molecule has 3 aromatic rings. The number of rotatable bonds is 8. The van der Waals surface area contributed by atoms with Crippen LogP contribution in [-0.2, 0) is 22.4 Å². The van der Waals surface area contributed by atoms with E-state index >= 15 is 0 Å². The van der Waals surface area contributed by atoms with Gasteiger partial charge in [0.1, 0.15) is 5.82 Å². The van der Waals surface area contributed by atoms with Crippen molar-refractivity contribution in [1.82, 2.24) is 9.78 Å². The molecule has 0 bridgehead atoms. The summed E-state index contributed by atoms with van der Waals surface area (Å²) in [5.41, 5.74) is 2.92. The van der Waals surface area contributed by atoms with Gasteiger partial charge in [-0.15, -0.1) is 0 Å². The number of nitrogens with one attached hydrogen (secondary N) is 1. The molecular formula is C25H26FN3O6. The van der Waals surface area contributed by atoms with Crippen molar-refractivity contribution in [3.8, 4) is 22.9 Å². The number of ether oxygens (including phenoxy) is 4. The van der Waals surface area contributed by atoms with Crippen LogP contribution in [0.4, 0.5) is 10.1 Å². The maximum atomic E-state index is 13.4. The lowest BCUT2D eigenvalue weighted by Crippen LogP contribution is -2.22. The number of fused-ring (bicyclic) bond motifs is 1. The van der Waals surface area contributed by atoms with Crippen molar-refractivity contribution in [1.29, 1.82) is 0 Å². The van der Waals surface area contributed by atoms with Crippen molar-refractivity contribution in [3.05, 3.63) is 59.2 Å². The molecule has 0 unspecified atom stereocenters. The van der Waals surface area contributed by atoms with E-state index in [0.29, 0.717) is 35.0 Å². The van der Waals surface area contributed by atoms with Gasteiger partial charge < -0.3 is 24.3 Å². The number of hydrogen-bond acceptors (Lipinski definition) is 7. The fourth-order valence-electron chi connectivity index (χ4n) is 4.11. The van der Waals surface area contributed by atoms with E-state index in [9.17, 15) is 14.0 Å². The summed E-state index contributed by atoms with van der Waals surface area (Å²) in [6.07, 6.45) is 3.31. The molecule has 10 heteroatoms. The Morgan fingerprint density at radius 3 is 2.29 bits per heavy atom. The molecule has 2 aromatic carbocycles. The van der Waals surface area contributed by atoms with Crippen molar-refractivity contribution < 1.29 is 32.9 Å². The molecular weight excluding hydrogens is 457 g/mol. The van der Waals surface area contributed by atoms with Gasteiger partial charge in [-0.25, -0.2) is 13.9 Å². The van der Waals surface area contributed by atoms with Gasteiger partial charge >= 0.3 is 5.97 Å². The zero-order valence-corrected chi connectivity index (χ0v) is 19.7. The van der Waals surface area contributed by atoms with Crippen molar-refractivity contribution in [2.24, 2.45) is 0 Å². The predicted molar refractivity (Wildman–Crippen MR) is 125 cm³/mol. The number of carbonyl (C=O) groups is 2. The van der Waals surface area contributed by atoms with Crippen molar-refractivity contribution in [3.63, 3.8) is 0 Å². The molecule has 0 spiro atoms. The molecule has 1 aliphatic rings. The Hall–Kier alpha value is -4.08. The number of hydrogen-bond donors (Lipinski definition) is 1. The minimum absolute atomic E-state index is 0.171. The maximum absolute atomic E-state index is 13.4. The third-order valence-corrected chi connectivity index (χ3v) is 5.73. The minimum atomic E-state index is -0.691. The number of benzene rings is 2. The Kier molecular flexibility index (Phi) is 7.19. The highest BCUT2D eigenvalue weighted by Gasteiger charge is 2.27. The molecule has 0 aliphatic heterocycles. The predicted octanol–water partition coefficient (Wildman–Crippen LogP) is 3.71. The number of nitrogens with zero attached hydrogens (tertiary/aromatic N) is 2. The van der Waals surface area contributed by atoms with Crippen molar-refractivity contribution in [2.45, 2.75) is 25.7 Å². The highest BCUT2D eigenvalue weighted by Crippen LogP contribution is 2.39. The third-order valence-electron chi connectivity index (χ3n) is 5.73. The smallest absolute Gasteiger partial charge is 0.359 e. The summed E-state index contributed by atoms with van der Waals surface area (Å²) in [4.78, 5) is 25.3. The zero-order valence-electron chi connectivity index (χ0n) is 19.7. The fourth-order valence-corrected chi connectivity index (χ4v) is 4.11. The van der Waals surface area contributed by atoms with Crippen LogP contribution in [0.2, 0.25) is 0 Å². The summed E-state index contributed by atoms with van der Waals surface area (Å²) >= 11 is 0. The van der Waals surface area contributed by atoms with Crippen molar-refractivity contribution >= 4 is 17.6 Å². The summed E-state index contributed by atoms with van der Waals surface area (Å²) in [6, 6.07) is 9.05. The van der Waals surface area contributed by atoms with Gasteiger partial charge in [-0.05, 0) is 49.9 Å². The van der Waals surface area contributed by atoms with Crippen LogP contribution < -0.4 is 19.5 Å². The van der Waals surface area contributed by atoms with Gasteiger partial charge in [0, 0.05) is 29.1 Å². The van der Waals surface area contributed by atoms with Gasteiger partial charge in [0.2, 0.25) is 5.75 Å². The second-order valence-corrected chi connectivity index (χ2v) is 7.91. The molecule has 0 atom stereocenters. The average molecular weight is 483 g/mol. The normalized spacial score (nSPS) is 12.5. The van der Waals surface area contributed by atoms with E-state index in [1.54, 1.807) is 28.9 Å². The number of methoxy groups -OCH3 is 3. The Balaban J connectivity index is 1.48. The van der Waals surface area contributed by atoms with Crippen molar-refractivity contribution in [2.75, 3.05) is 33.3 Å². The van der Waals surface area contributed by atoms with Crippen LogP contribution in [0.1, 0.15) is 34.6 Å². The topological polar surface area (TPSA) is 101 Å². The molecule has 0 saturated heterocycles. The first-order valence-electron chi connectivity index (χ1n) is 11.1. The van der Waals surface area contributed by atoms with Gasteiger partial charge in [-0.3, -0.25) is 4.79 Å². The van der Waals surface area contributed by atoms with E-state index in [1.165, 1.54) is 33.5 Å². The standard InChI is InChI=1S/C25H26FN3O6/c1-32-20-12-16(13-21(33-2)24(20)34-3)27-22(30)14-35-25(31)23-18-6-4-5-7-19(18)29(28-23)17-10-8-15(26)9-11-17/h8-13H,4-7,14H2,1-3H3,(H,27,30). The lowest BCUT2D eigenvalue weighted by molar-refractivity contribution is -0.119. The summed E-state index contributed by atoms with van der Waals surface area (Å²) < 4.78 is 36.1.